The Kier molecular flexibility index (Phi) is 5.13. The van der Waals surface area contributed by atoms with Crippen molar-refractivity contribution in [2.24, 2.45) is 11.8 Å². The average Bonchev–Trinajstić information content (AvgIpc) is 2.92. The number of hydrogen-bond donors (Lipinski definition) is 2. The highest BCUT2D eigenvalue weighted by molar-refractivity contribution is 7.80. The van der Waals surface area contributed by atoms with E-state index in [-0.39, 0.29) is 17.7 Å². The molecule has 0 saturated carbocycles. The van der Waals surface area contributed by atoms with Crippen molar-refractivity contribution in [2.75, 3.05) is 12.3 Å². The number of thiol groups is 1. The highest BCUT2D eigenvalue weighted by atomic mass is 32.1. The van der Waals surface area contributed by atoms with Crippen LogP contribution in [0, 0.1) is 11.8 Å². The molecule has 2 unspecified atom stereocenters. The number of likely N-dealkylation sites (tertiary alicyclic amines) is 1. The number of rotatable bonds is 4. The summed E-state index contributed by atoms with van der Waals surface area (Å²) in [6.07, 6.45) is 7.36. The van der Waals surface area contributed by atoms with Gasteiger partial charge in [0.1, 0.15) is 6.04 Å². The van der Waals surface area contributed by atoms with Crippen molar-refractivity contribution in [1.82, 2.24) is 4.90 Å². The molecule has 112 valence electrons. The van der Waals surface area contributed by atoms with Crippen LogP contribution in [0.25, 0.3) is 0 Å². The van der Waals surface area contributed by atoms with Gasteiger partial charge in [0.2, 0.25) is 5.91 Å². The molecule has 2 aliphatic rings. The molecule has 3 atom stereocenters. The summed E-state index contributed by atoms with van der Waals surface area (Å²) in [6, 6.07) is -0.669. The first-order chi connectivity index (χ1) is 9.54. The van der Waals surface area contributed by atoms with Crippen LogP contribution in [-0.4, -0.2) is 40.2 Å². The number of aliphatic carboxylic acids is 1. The molecule has 0 bridgehead atoms. The molecule has 0 aromatic heterocycles. The number of carboxylic acid groups (broad SMARTS) is 1. The van der Waals surface area contributed by atoms with Crippen LogP contribution >= 0.6 is 12.6 Å². The fourth-order valence-electron chi connectivity index (χ4n) is 3.18. The van der Waals surface area contributed by atoms with E-state index in [1.165, 1.54) is 18.4 Å². The van der Waals surface area contributed by atoms with Gasteiger partial charge < -0.3 is 10.0 Å². The van der Waals surface area contributed by atoms with Crippen LogP contribution in [0.4, 0.5) is 0 Å². The fraction of sp³-hybridized carbons (Fsp3) is 0.733. The molecular formula is C15H23NO3S. The zero-order valence-electron chi connectivity index (χ0n) is 11.9. The first-order valence-corrected chi connectivity index (χ1v) is 8.01. The van der Waals surface area contributed by atoms with Crippen molar-refractivity contribution < 1.29 is 14.7 Å². The lowest BCUT2D eigenvalue weighted by atomic mass is 9.88. The monoisotopic (exact) mass is 297 g/mol. The molecule has 1 N–H and O–H groups in total. The Hall–Kier alpha value is -0.970. The van der Waals surface area contributed by atoms with Crippen molar-refractivity contribution >= 4 is 24.5 Å². The van der Waals surface area contributed by atoms with E-state index in [1.807, 2.05) is 0 Å². The summed E-state index contributed by atoms with van der Waals surface area (Å²) >= 11 is 4.15. The topological polar surface area (TPSA) is 57.6 Å². The van der Waals surface area contributed by atoms with E-state index < -0.39 is 12.0 Å². The van der Waals surface area contributed by atoms with Gasteiger partial charge in [-0.05, 0) is 38.0 Å². The van der Waals surface area contributed by atoms with E-state index in [4.69, 9.17) is 0 Å². The first kappa shape index (κ1) is 15.4. The molecule has 2 rings (SSSR count). The number of carboxylic acids is 1. The third-order valence-corrected chi connectivity index (χ3v) is 4.96. The second-order valence-corrected chi connectivity index (χ2v) is 6.25. The molecule has 1 fully saturated rings. The summed E-state index contributed by atoms with van der Waals surface area (Å²) in [5.41, 5.74) is 1.36. The molecule has 5 heteroatoms. The van der Waals surface area contributed by atoms with Gasteiger partial charge in [-0.15, -0.1) is 0 Å². The minimum atomic E-state index is -0.886. The minimum absolute atomic E-state index is 0.0775. The maximum absolute atomic E-state index is 12.3. The van der Waals surface area contributed by atoms with Gasteiger partial charge >= 0.3 is 5.97 Å². The number of allylic oxidation sites excluding steroid dienone is 1. The highest BCUT2D eigenvalue weighted by Gasteiger charge is 2.41. The summed E-state index contributed by atoms with van der Waals surface area (Å²) in [5, 5.41) is 9.37. The molecule has 20 heavy (non-hydrogen) atoms. The molecule has 0 spiro atoms. The molecule has 1 saturated heterocycles. The zero-order valence-corrected chi connectivity index (χ0v) is 12.8. The van der Waals surface area contributed by atoms with Gasteiger partial charge in [-0.25, -0.2) is 4.79 Å². The Bertz CT molecular complexity index is 421. The average molecular weight is 297 g/mol. The maximum atomic E-state index is 12.3. The predicted octanol–water partition coefficient (Wildman–Crippen LogP) is 2.35. The van der Waals surface area contributed by atoms with Gasteiger partial charge in [-0.1, -0.05) is 18.6 Å². The summed E-state index contributed by atoms with van der Waals surface area (Å²) < 4.78 is 0. The molecule has 1 aliphatic heterocycles. The van der Waals surface area contributed by atoms with Crippen LogP contribution in [0.3, 0.4) is 0 Å². The Morgan fingerprint density at radius 2 is 2.25 bits per heavy atom. The lowest BCUT2D eigenvalue weighted by Crippen LogP contribution is -2.43. The molecule has 0 aromatic carbocycles. The Morgan fingerprint density at radius 1 is 1.50 bits per heavy atom. The van der Waals surface area contributed by atoms with Crippen LogP contribution in [0.1, 0.15) is 39.0 Å². The van der Waals surface area contributed by atoms with Gasteiger partial charge in [0.05, 0.1) is 0 Å². The first-order valence-electron chi connectivity index (χ1n) is 7.37. The Labute approximate surface area is 125 Å². The summed E-state index contributed by atoms with van der Waals surface area (Å²) in [4.78, 5) is 25.3. The molecule has 0 aromatic rings. The van der Waals surface area contributed by atoms with Gasteiger partial charge in [0, 0.05) is 18.2 Å². The molecule has 1 aliphatic carbocycles. The molecule has 1 amide bonds. The number of nitrogens with zero attached hydrogens (tertiary/aromatic N) is 1. The lowest BCUT2D eigenvalue weighted by molar-refractivity contribution is -0.149. The third-order valence-electron chi connectivity index (χ3n) is 4.42. The van der Waals surface area contributed by atoms with E-state index >= 15 is 0 Å². The van der Waals surface area contributed by atoms with Crippen molar-refractivity contribution in [2.45, 2.75) is 45.1 Å². The number of carbonyl (C=O) groups is 2. The van der Waals surface area contributed by atoms with Crippen LogP contribution in [-0.2, 0) is 9.59 Å². The van der Waals surface area contributed by atoms with Crippen LogP contribution in [0.15, 0.2) is 11.6 Å². The van der Waals surface area contributed by atoms with Gasteiger partial charge in [0.25, 0.3) is 0 Å². The standard InChI is InChI=1S/C15H23NO3S/c1-10(9-20)14(17)16-8-12(7-13(16)15(18)19)11-5-3-2-4-6-11/h5,10,12-13,20H,2-4,6-9H2,1H3,(H,18,19)/t10?,12?,13-/m0/s1. The normalized spacial score (nSPS) is 28.1. The van der Waals surface area contributed by atoms with E-state index in [0.717, 1.165) is 12.8 Å². The Balaban J connectivity index is 2.12. The largest absolute Gasteiger partial charge is 0.480 e. The second-order valence-electron chi connectivity index (χ2n) is 5.89. The molecular weight excluding hydrogens is 274 g/mol. The number of hydrogen-bond acceptors (Lipinski definition) is 3. The van der Waals surface area contributed by atoms with Crippen molar-refractivity contribution in [3.8, 4) is 0 Å². The van der Waals surface area contributed by atoms with E-state index in [2.05, 4.69) is 18.7 Å². The van der Waals surface area contributed by atoms with E-state index in [0.29, 0.717) is 18.7 Å². The van der Waals surface area contributed by atoms with Crippen LogP contribution in [0.5, 0.6) is 0 Å². The molecule has 1 heterocycles. The van der Waals surface area contributed by atoms with Gasteiger partial charge in [-0.3, -0.25) is 4.79 Å². The minimum Gasteiger partial charge on any atom is -0.480 e. The van der Waals surface area contributed by atoms with Crippen LogP contribution < -0.4 is 0 Å². The summed E-state index contributed by atoms with van der Waals surface area (Å²) in [5.74, 6) is -0.503. The van der Waals surface area contributed by atoms with Crippen molar-refractivity contribution in [3.63, 3.8) is 0 Å². The fourth-order valence-corrected chi connectivity index (χ4v) is 3.33. The summed E-state index contributed by atoms with van der Waals surface area (Å²) in [6.45, 7) is 2.36. The number of amides is 1. The highest BCUT2D eigenvalue weighted by Crippen LogP contribution is 2.34. The predicted molar refractivity (Wildman–Crippen MR) is 80.8 cm³/mol. The van der Waals surface area contributed by atoms with Crippen molar-refractivity contribution in [3.05, 3.63) is 11.6 Å². The van der Waals surface area contributed by atoms with Gasteiger partial charge in [0.15, 0.2) is 0 Å². The second kappa shape index (κ2) is 6.66. The van der Waals surface area contributed by atoms with Crippen LogP contribution in [0.2, 0.25) is 0 Å². The molecule has 0 radical (unpaired) electrons. The van der Waals surface area contributed by atoms with Gasteiger partial charge in [-0.2, -0.15) is 12.6 Å². The number of carbonyl (C=O) groups excluding carboxylic acids is 1. The molecule has 4 nitrogen and oxygen atoms in total. The van der Waals surface area contributed by atoms with E-state index in [1.54, 1.807) is 11.8 Å². The smallest absolute Gasteiger partial charge is 0.326 e. The third kappa shape index (κ3) is 3.19. The maximum Gasteiger partial charge on any atom is 0.326 e. The Morgan fingerprint density at radius 3 is 2.80 bits per heavy atom. The lowest BCUT2D eigenvalue weighted by Gasteiger charge is -2.24. The summed E-state index contributed by atoms with van der Waals surface area (Å²) in [7, 11) is 0. The zero-order chi connectivity index (χ0) is 14.7. The SMILES string of the molecule is CC(CS)C(=O)N1CC(C2=CCCCC2)C[C@H]1C(=O)O. The quantitative estimate of drug-likeness (QED) is 0.618. The van der Waals surface area contributed by atoms with Crippen molar-refractivity contribution in [1.29, 1.82) is 0 Å². The van der Waals surface area contributed by atoms with E-state index in [9.17, 15) is 14.7 Å².